The summed E-state index contributed by atoms with van der Waals surface area (Å²) in [4.78, 5) is 11.0. The third kappa shape index (κ3) is 30.8. The Morgan fingerprint density at radius 2 is 0.783 bits per heavy atom. The van der Waals surface area contributed by atoms with Gasteiger partial charge < -0.3 is 52.7 Å². The van der Waals surface area contributed by atoms with E-state index in [9.17, 15) is 4.79 Å². The lowest BCUT2D eigenvalue weighted by Gasteiger charge is -2.09. The SMILES string of the molecule is CCCCCCCCOCCOCCOCCOCCOCCOCCOCCOCCOCCOc1ccc(NC(C)=O)cc1. The molecule has 0 aliphatic heterocycles. The van der Waals surface area contributed by atoms with Gasteiger partial charge in [0.1, 0.15) is 12.4 Å². The Bertz CT molecular complexity index is 770. The Balaban J connectivity index is 1.66. The van der Waals surface area contributed by atoms with E-state index < -0.39 is 0 Å². The molecule has 46 heavy (non-hydrogen) atoms. The van der Waals surface area contributed by atoms with Crippen molar-refractivity contribution in [2.24, 2.45) is 0 Å². The third-order valence-corrected chi connectivity index (χ3v) is 6.29. The van der Waals surface area contributed by atoms with Crippen molar-refractivity contribution in [1.29, 1.82) is 0 Å². The molecule has 0 aliphatic carbocycles. The van der Waals surface area contributed by atoms with Crippen LogP contribution in [0.4, 0.5) is 5.69 Å². The maximum atomic E-state index is 11.0. The van der Waals surface area contributed by atoms with Crippen molar-refractivity contribution in [3.05, 3.63) is 24.3 Å². The number of amides is 1. The number of nitrogens with one attached hydrogen (secondary N) is 1. The molecule has 0 unspecified atom stereocenters. The van der Waals surface area contributed by atoms with Crippen molar-refractivity contribution in [2.45, 2.75) is 52.4 Å². The summed E-state index contributed by atoms with van der Waals surface area (Å²) in [5.74, 6) is 0.616. The number of carbonyl (C=O) groups excluding carboxylic acids is 1. The van der Waals surface area contributed by atoms with Gasteiger partial charge in [-0.2, -0.15) is 0 Å². The molecule has 0 radical (unpaired) electrons. The van der Waals surface area contributed by atoms with Crippen molar-refractivity contribution in [3.8, 4) is 5.75 Å². The van der Waals surface area contributed by atoms with Gasteiger partial charge in [0, 0.05) is 19.2 Å². The van der Waals surface area contributed by atoms with E-state index in [1.807, 2.05) is 0 Å². The normalized spacial score (nSPS) is 11.3. The van der Waals surface area contributed by atoms with Gasteiger partial charge in [0.15, 0.2) is 0 Å². The smallest absolute Gasteiger partial charge is 0.221 e. The lowest BCUT2D eigenvalue weighted by molar-refractivity contribution is -0.114. The molecule has 0 aliphatic rings. The fraction of sp³-hybridized carbons (Fsp3) is 0.794. The molecule has 1 amide bonds. The summed E-state index contributed by atoms with van der Waals surface area (Å²) in [7, 11) is 0. The average Bonchev–Trinajstić information content (AvgIpc) is 3.05. The van der Waals surface area contributed by atoms with E-state index in [4.69, 9.17) is 47.4 Å². The van der Waals surface area contributed by atoms with Crippen molar-refractivity contribution >= 4 is 11.6 Å². The zero-order valence-electron chi connectivity index (χ0n) is 28.5. The highest BCUT2D eigenvalue weighted by Gasteiger charge is 1.99. The van der Waals surface area contributed by atoms with Crippen LogP contribution in [0.15, 0.2) is 24.3 Å². The van der Waals surface area contributed by atoms with Gasteiger partial charge in [0.05, 0.1) is 112 Å². The molecule has 1 rings (SSSR count). The van der Waals surface area contributed by atoms with Gasteiger partial charge in [0.2, 0.25) is 5.91 Å². The van der Waals surface area contributed by atoms with Crippen molar-refractivity contribution in [1.82, 2.24) is 0 Å². The van der Waals surface area contributed by atoms with E-state index in [1.54, 1.807) is 24.3 Å². The highest BCUT2D eigenvalue weighted by Crippen LogP contribution is 2.15. The van der Waals surface area contributed by atoms with Crippen molar-refractivity contribution in [2.75, 3.05) is 131 Å². The number of carbonyl (C=O) groups is 1. The second-order valence-electron chi connectivity index (χ2n) is 10.3. The van der Waals surface area contributed by atoms with Crippen LogP contribution in [0.5, 0.6) is 5.75 Å². The molecule has 0 aromatic heterocycles. The summed E-state index contributed by atoms with van der Waals surface area (Å²) in [5.41, 5.74) is 0.735. The van der Waals surface area contributed by atoms with Gasteiger partial charge >= 0.3 is 0 Å². The van der Waals surface area contributed by atoms with Gasteiger partial charge in [-0.25, -0.2) is 0 Å². The number of benzene rings is 1. The molecule has 0 saturated carbocycles. The Morgan fingerprint density at radius 1 is 0.457 bits per heavy atom. The molecule has 0 bridgehead atoms. The maximum absolute atomic E-state index is 11.0. The summed E-state index contributed by atoms with van der Waals surface area (Å²) in [6.45, 7) is 13.9. The van der Waals surface area contributed by atoms with E-state index in [1.165, 1.54) is 39.0 Å². The van der Waals surface area contributed by atoms with Crippen LogP contribution in [0, 0.1) is 0 Å². The molecule has 1 aromatic carbocycles. The topological polar surface area (TPSA) is 121 Å². The first kappa shape index (κ1) is 42.2. The van der Waals surface area contributed by atoms with Crippen molar-refractivity contribution in [3.63, 3.8) is 0 Å². The second-order valence-corrected chi connectivity index (χ2v) is 10.3. The predicted molar refractivity (Wildman–Crippen MR) is 177 cm³/mol. The predicted octanol–water partition coefficient (Wildman–Crippen LogP) is 4.53. The molecule has 0 saturated heterocycles. The summed E-state index contributed by atoms with van der Waals surface area (Å²) in [6, 6.07) is 7.19. The largest absolute Gasteiger partial charge is 0.491 e. The minimum Gasteiger partial charge on any atom is -0.491 e. The average molecular weight is 660 g/mol. The Labute approximate surface area is 276 Å². The molecule has 0 atom stereocenters. The van der Waals surface area contributed by atoms with Gasteiger partial charge in [-0.15, -0.1) is 0 Å². The number of hydrogen-bond acceptors (Lipinski definition) is 11. The lowest BCUT2D eigenvalue weighted by Crippen LogP contribution is -2.15. The fourth-order valence-corrected chi connectivity index (χ4v) is 3.90. The lowest BCUT2D eigenvalue weighted by atomic mass is 10.1. The van der Waals surface area contributed by atoms with Gasteiger partial charge in [0.25, 0.3) is 0 Å². The summed E-state index contributed by atoms with van der Waals surface area (Å²) < 4.78 is 55.1. The zero-order chi connectivity index (χ0) is 33.0. The summed E-state index contributed by atoms with van der Waals surface area (Å²) in [6.07, 6.45) is 7.67. The molecular weight excluding hydrogens is 598 g/mol. The van der Waals surface area contributed by atoms with Gasteiger partial charge in [-0.1, -0.05) is 39.0 Å². The first-order valence-electron chi connectivity index (χ1n) is 16.9. The van der Waals surface area contributed by atoms with Crippen LogP contribution in [0.25, 0.3) is 0 Å². The Hall–Kier alpha value is -1.87. The van der Waals surface area contributed by atoms with E-state index >= 15 is 0 Å². The van der Waals surface area contributed by atoms with E-state index in [-0.39, 0.29) is 5.91 Å². The molecule has 0 fully saturated rings. The van der Waals surface area contributed by atoms with Gasteiger partial charge in [-0.3, -0.25) is 4.79 Å². The Morgan fingerprint density at radius 3 is 1.15 bits per heavy atom. The number of rotatable bonds is 36. The van der Waals surface area contributed by atoms with E-state index in [0.29, 0.717) is 119 Å². The minimum atomic E-state index is -0.105. The standard InChI is InChI=1S/C34H61NO11/c1-3-4-5-6-7-8-13-37-14-15-38-16-17-39-18-19-40-20-21-41-22-23-42-24-25-43-26-27-44-28-29-45-30-31-46-34-11-9-33(10-12-34)35-32(2)36/h9-12H,3-8,13-31H2,1-2H3,(H,35,36). The zero-order valence-corrected chi connectivity index (χ0v) is 28.5. The molecule has 0 spiro atoms. The van der Waals surface area contributed by atoms with Crippen LogP contribution in [-0.2, 0) is 47.4 Å². The van der Waals surface area contributed by atoms with Crippen molar-refractivity contribution < 1.29 is 52.2 Å². The number of anilines is 1. The van der Waals surface area contributed by atoms with Crippen LogP contribution in [-0.4, -0.2) is 131 Å². The molecule has 0 heterocycles. The summed E-state index contributed by atoms with van der Waals surface area (Å²) in [5, 5.41) is 2.71. The number of hydrogen-bond donors (Lipinski definition) is 1. The Kier molecular flexibility index (Phi) is 31.6. The monoisotopic (exact) mass is 659 g/mol. The molecule has 1 N–H and O–H groups in total. The van der Waals surface area contributed by atoms with E-state index in [0.717, 1.165) is 24.5 Å². The first-order valence-corrected chi connectivity index (χ1v) is 16.9. The maximum Gasteiger partial charge on any atom is 0.221 e. The third-order valence-electron chi connectivity index (χ3n) is 6.29. The van der Waals surface area contributed by atoms with E-state index in [2.05, 4.69) is 12.2 Å². The van der Waals surface area contributed by atoms with Gasteiger partial charge in [-0.05, 0) is 30.7 Å². The molecule has 12 nitrogen and oxygen atoms in total. The quantitative estimate of drug-likeness (QED) is 0.102. The fourth-order valence-electron chi connectivity index (χ4n) is 3.90. The van der Waals surface area contributed by atoms with Crippen LogP contribution in [0.3, 0.4) is 0 Å². The highest BCUT2D eigenvalue weighted by atomic mass is 16.6. The number of ether oxygens (including phenoxy) is 10. The minimum absolute atomic E-state index is 0.105. The highest BCUT2D eigenvalue weighted by molar-refractivity contribution is 5.88. The first-order chi connectivity index (χ1) is 22.7. The molecule has 12 heteroatoms. The molecular formula is C34H61NO11. The summed E-state index contributed by atoms with van der Waals surface area (Å²) >= 11 is 0. The van der Waals surface area contributed by atoms with Crippen LogP contribution >= 0.6 is 0 Å². The second kappa shape index (κ2) is 34.5. The number of unbranched alkanes of at least 4 members (excludes halogenated alkanes) is 5. The molecule has 268 valence electrons. The van der Waals surface area contributed by atoms with Crippen LogP contribution < -0.4 is 10.1 Å². The van der Waals surface area contributed by atoms with Crippen LogP contribution in [0.2, 0.25) is 0 Å². The van der Waals surface area contributed by atoms with Crippen LogP contribution in [0.1, 0.15) is 52.4 Å². The molecule has 1 aromatic rings.